The van der Waals surface area contributed by atoms with E-state index in [2.05, 4.69) is 22.1 Å². The highest BCUT2D eigenvalue weighted by molar-refractivity contribution is 7.99. The fraction of sp³-hybridized carbons (Fsp3) is 0.160. The van der Waals surface area contributed by atoms with Gasteiger partial charge in [0, 0.05) is 17.1 Å². The topological polar surface area (TPSA) is 82.2 Å². The summed E-state index contributed by atoms with van der Waals surface area (Å²) >= 11 is 7.24. The molecule has 4 rings (SSSR count). The van der Waals surface area contributed by atoms with Crippen molar-refractivity contribution in [2.75, 3.05) is 12.9 Å². The van der Waals surface area contributed by atoms with Gasteiger partial charge in [0.25, 0.3) is 0 Å². The number of halogens is 1. The molecule has 34 heavy (non-hydrogen) atoms. The van der Waals surface area contributed by atoms with Crippen molar-refractivity contribution in [1.82, 2.24) is 20.1 Å². The Balaban J connectivity index is 1.37. The Bertz CT molecular complexity index is 1280. The Morgan fingerprint density at radius 2 is 1.97 bits per heavy atom. The fourth-order valence-corrected chi connectivity index (χ4v) is 4.23. The third-order valence-electron chi connectivity index (χ3n) is 4.96. The van der Waals surface area contributed by atoms with E-state index in [1.54, 1.807) is 13.2 Å². The molecule has 1 amide bonds. The monoisotopic (exact) mass is 494 g/mol. The van der Waals surface area contributed by atoms with Crippen LogP contribution in [0.1, 0.15) is 5.76 Å². The Morgan fingerprint density at radius 1 is 1.18 bits per heavy atom. The van der Waals surface area contributed by atoms with Gasteiger partial charge in [0.1, 0.15) is 17.3 Å². The Labute approximate surface area is 206 Å². The summed E-state index contributed by atoms with van der Waals surface area (Å²) in [7, 11) is 1.62. The Hall–Kier alpha value is -3.49. The van der Waals surface area contributed by atoms with Gasteiger partial charge in [-0.2, -0.15) is 0 Å². The molecule has 0 aliphatic rings. The number of carbonyl (C=O) groups excluding carboxylic acids is 1. The quantitative estimate of drug-likeness (QED) is 0.233. The lowest BCUT2D eigenvalue weighted by atomic mass is 10.2. The Kier molecular flexibility index (Phi) is 7.72. The molecule has 0 saturated heterocycles. The smallest absolute Gasteiger partial charge is 0.230 e. The summed E-state index contributed by atoms with van der Waals surface area (Å²) < 4.78 is 13.2. The van der Waals surface area contributed by atoms with Crippen LogP contribution < -0.4 is 10.1 Å². The van der Waals surface area contributed by atoms with Gasteiger partial charge in [-0.1, -0.05) is 41.6 Å². The number of benzene rings is 2. The number of thioether (sulfide) groups is 1. The minimum absolute atomic E-state index is 0.138. The zero-order valence-corrected chi connectivity index (χ0v) is 20.1. The van der Waals surface area contributed by atoms with Gasteiger partial charge in [-0.25, -0.2) is 0 Å². The second-order valence-corrected chi connectivity index (χ2v) is 8.62. The van der Waals surface area contributed by atoms with Gasteiger partial charge in [-0.3, -0.25) is 9.36 Å². The molecule has 0 spiro atoms. The molecule has 0 unspecified atom stereocenters. The van der Waals surface area contributed by atoms with Crippen molar-refractivity contribution in [3.63, 3.8) is 0 Å². The zero-order valence-electron chi connectivity index (χ0n) is 18.5. The number of allylic oxidation sites excluding steroid dienone is 1. The van der Waals surface area contributed by atoms with Crippen molar-refractivity contribution >= 4 is 29.3 Å². The summed E-state index contributed by atoms with van der Waals surface area (Å²) in [5.41, 5.74) is 1.75. The van der Waals surface area contributed by atoms with Crippen LogP contribution in [0.15, 0.2) is 82.9 Å². The van der Waals surface area contributed by atoms with Gasteiger partial charge in [0.2, 0.25) is 5.91 Å². The van der Waals surface area contributed by atoms with Crippen LogP contribution in [-0.2, 0) is 17.9 Å². The van der Waals surface area contributed by atoms with E-state index in [0.717, 1.165) is 16.9 Å². The first-order chi connectivity index (χ1) is 16.6. The van der Waals surface area contributed by atoms with Crippen LogP contribution >= 0.6 is 23.4 Å². The number of rotatable bonds is 10. The average Bonchev–Trinajstić information content (AvgIpc) is 3.49. The summed E-state index contributed by atoms with van der Waals surface area (Å²) in [6, 6.07) is 18.7. The molecule has 0 aliphatic heterocycles. The van der Waals surface area contributed by atoms with Crippen LogP contribution in [0.2, 0.25) is 5.02 Å². The van der Waals surface area contributed by atoms with Crippen molar-refractivity contribution in [3.8, 4) is 28.5 Å². The highest BCUT2D eigenvalue weighted by Gasteiger charge is 2.17. The molecule has 2 heterocycles. The van der Waals surface area contributed by atoms with Crippen molar-refractivity contribution in [3.05, 3.63) is 84.1 Å². The van der Waals surface area contributed by atoms with E-state index in [-0.39, 0.29) is 11.7 Å². The molecule has 0 radical (unpaired) electrons. The number of aromatic nitrogens is 3. The molecule has 0 aliphatic carbocycles. The van der Waals surface area contributed by atoms with Gasteiger partial charge in [-0.15, -0.1) is 16.8 Å². The predicted octanol–water partition coefficient (Wildman–Crippen LogP) is 5.46. The summed E-state index contributed by atoms with van der Waals surface area (Å²) in [5.74, 6) is 2.79. The molecule has 9 heteroatoms. The van der Waals surface area contributed by atoms with E-state index in [1.165, 1.54) is 11.8 Å². The lowest BCUT2D eigenvalue weighted by Crippen LogP contribution is -2.24. The highest BCUT2D eigenvalue weighted by atomic mass is 35.5. The Morgan fingerprint density at radius 3 is 2.74 bits per heavy atom. The van der Waals surface area contributed by atoms with Crippen LogP contribution in [0.4, 0.5) is 0 Å². The number of ether oxygens (including phenoxy) is 1. The predicted molar refractivity (Wildman–Crippen MR) is 134 cm³/mol. The number of nitrogens with one attached hydrogen (secondary N) is 1. The molecule has 0 fully saturated rings. The average molecular weight is 495 g/mol. The maximum absolute atomic E-state index is 12.5. The number of hydrogen-bond acceptors (Lipinski definition) is 6. The van der Waals surface area contributed by atoms with E-state index >= 15 is 0 Å². The number of furan rings is 1. The second-order valence-electron chi connectivity index (χ2n) is 7.24. The molecular weight excluding hydrogens is 472 g/mol. The summed E-state index contributed by atoms with van der Waals surface area (Å²) in [5, 5.41) is 12.8. The zero-order chi connectivity index (χ0) is 23.9. The molecule has 2 aromatic carbocycles. The van der Waals surface area contributed by atoms with Crippen LogP contribution in [0.25, 0.3) is 22.7 Å². The van der Waals surface area contributed by atoms with Crippen LogP contribution in [-0.4, -0.2) is 33.5 Å². The first-order valence-electron chi connectivity index (χ1n) is 10.5. The number of methoxy groups -OCH3 is 1. The minimum Gasteiger partial charge on any atom is -0.496 e. The number of amides is 1. The van der Waals surface area contributed by atoms with Gasteiger partial charge in [0.15, 0.2) is 11.0 Å². The van der Waals surface area contributed by atoms with Crippen molar-refractivity contribution < 1.29 is 13.9 Å². The standard InChI is InChI=1S/C25H23ClN4O3S/c1-3-14-30-24(20-6-4-5-7-22(20)32-2)28-29-25(30)34-16-23(31)27-15-19-12-13-21(33-19)17-8-10-18(26)11-9-17/h3-13H,1,14-16H2,2H3,(H,27,31). The summed E-state index contributed by atoms with van der Waals surface area (Å²) in [6.45, 7) is 4.62. The van der Waals surface area contributed by atoms with E-state index in [1.807, 2.05) is 65.2 Å². The van der Waals surface area contributed by atoms with Crippen LogP contribution in [0.3, 0.4) is 0 Å². The lowest BCUT2D eigenvalue weighted by molar-refractivity contribution is -0.118. The van der Waals surface area contributed by atoms with Gasteiger partial charge in [-0.05, 0) is 48.5 Å². The minimum atomic E-state index is -0.138. The third kappa shape index (κ3) is 5.52. The molecule has 0 atom stereocenters. The molecule has 4 aromatic rings. The lowest BCUT2D eigenvalue weighted by Gasteiger charge is -2.10. The number of nitrogens with zero attached hydrogens (tertiary/aromatic N) is 3. The number of hydrogen-bond donors (Lipinski definition) is 1. The van der Waals surface area contributed by atoms with Crippen LogP contribution in [0.5, 0.6) is 5.75 Å². The number of carbonyl (C=O) groups is 1. The normalized spacial score (nSPS) is 10.8. The van der Waals surface area contributed by atoms with Crippen molar-refractivity contribution in [2.24, 2.45) is 0 Å². The third-order valence-corrected chi connectivity index (χ3v) is 6.18. The fourth-order valence-electron chi connectivity index (χ4n) is 3.33. The van der Waals surface area contributed by atoms with Crippen molar-refractivity contribution in [2.45, 2.75) is 18.2 Å². The molecule has 2 aromatic heterocycles. The van der Waals surface area contributed by atoms with Crippen molar-refractivity contribution in [1.29, 1.82) is 0 Å². The largest absolute Gasteiger partial charge is 0.496 e. The molecule has 174 valence electrons. The highest BCUT2D eigenvalue weighted by Crippen LogP contribution is 2.31. The van der Waals surface area contributed by atoms with Gasteiger partial charge >= 0.3 is 0 Å². The maximum atomic E-state index is 12.5. The van der Waals surface area contributed by atoms with E-state index in [4.69, 9.17) is 20.8 Å². The second kappa shape index (κ2) is 11.1. The van der Waals surface area contributed by atoms with E-state index in [9.17, 15) is 4.79 Å². The van der Waals surface area contributed by atoms with Gasteiger partial charge < -0.3 is 14.5 Å². The van der Waals surface area contributed by atoms with E-state index < -0.39 is 0 Å². The molecule has 1 N–H and O–H groups in total. The van der Waals surface area contributed by atoms with Gasteiger partial charge in [0.05, 0.1) is 25.0 Å². The molecular formula is C25H23ClN4O3S. The molecule has 0 saturated carbocycles. The van der Waals surface area contributed by atoms with E-state index in [0.29, 0.717) is 40.6 Å². The SMILES string of the molecule is C=CCn1c(SCC(=O)NCc2ccc(-c3ccc(Cl)cc3)o2)nnc1-c1ccccc1OC. The summed E-state index contributed by atoms with van der Waals surface area (Å²) in [4.78, 5) is 12.5. The van der Waals surface area contributed by atoms with Crippen LogP contribution in [0, 0.1) is 0 Å². The summed E-state index contributed by atoms with van der Waals surface area (Å²) in [6.07, 6.45) is 1.77. The molecule has 7 nitrogen and oxygen atoms in total. The first-order valence-corrected chi connectivity index (χ1v) is 11.9. The molecule has 0 bridgehead atoms. The number of para-hydroxylation sites is 1. The maximum Gasteiger partial charge on any atom is 0.230 e. The first kappa shape index (κ1) is 23.7.